The molecule has 0 aliphatic carbocycles. The fraction of sp³-hybridized carbons (Fsp3) is 0.778. The number of aliphatic hydroxyl groups excluding tert-OH is 3. The first-order chi connectivity index (χ1) is 10.5. The minimum absolute atomic E-state index is 0.906. The van der Waals surface area contributed by atoms with Crippen LogP contribution in [0.25, 0.3) is 0 Å². The second-order valence-corrected chi connectivity index (χ2v) is 9.78. The average Bonchev–Trinajstić information content (AvgIpc) is 2.96. The number of hydrogen-bond acceptors (Lipinski definition) is 8. The SMILES string of the molecule is O=P(O)(O)CP(=O)(O)CC(O)[C@H]1O[C@@H](n2ccnn2)[C@H](O)[C@@H]1O. The van der Waals surface area contributed by atoms with Crippen LogP contribution >= 0.6 is 15.0 Å². The number of nitrogens with zero attached hydrogens (tertiary/aromatic N) is 3. The molecule has 0 radical (unpaired) electrons. The van der Waals surface area contributed by atoms with Crippen molar-refractivity contribution in [3.05, 3.63) is 12.4 Å². The maximum Gasteiger partial charge on any atom is 0.335 e. The van der Waals surface area contributed by atoms with Crippen LogP contribution in [0, 0.1) is 0 Å². The van der Waals surface area contributed by atoms with Crippen LogP contribution in [-0.2, 0) is 13.9 Å². The third kappa shape index (κ3) is 4.66. The minimum Gasteiger partial charge on any atom is -0.390 e. The molecule has 0 spiro atoms. The molecule has 0 amide bonds. The number of aliphatic hydroxyl groups is 3. The van der Waals surface area contributed by atoms with E-state index in [2.05, 4.69) is 10.3 Å². The predicted octanol–water partition coefficient (Wildman–Crippen LogP) is -2.34. The van der Waals surface area contributed by atoms with E-state index >= 15 is 0 Å². The highest BCUT2D eigenvalue weighted by Crippen LogP contribution is 2.55. The summed E-state index contributed by atoms with van der Waals surface area (Å²) in [5, 5.41) is 36.9. The van der Waals surface area contributed by atoms with E-state index in [1.54, 1.807) is 0 Å². The molecule has 2 rings (SSSR count). The Bertz CT molecular complexity index is 620. The van der Waals surface area contributed by atoms with Crippen molar-refractivity contribution in [2.45, 2.75) is 30.6 Å². The molecule has 14 heteroatoms. The number of ether oxygens (including phenoxy) is 1. The molecule has 0 saturated carbocycles. The van der Waals surface area contributed by atoms with Gasteiger partial charge in [-0.3, -0.25) is 9.13 Å². The molecule has 12 nitrogen and oxygen atoms in total. The van der Waals surface area contributed by atoms with Crippen LogP contribution < -0.4 is 0 Å². The van der Waals surface area contributed by atoms with E-state index < -0.39 is 57.7 Å². The molecular weight excluding hydrogens is 356 g/mol. The summed E-state index contributed by atoms with van der Waals surface area (Å²) in [6.45, 7) is 0. The topological polar surface area (TPSA) is 195 Å². The summed E-state index contributed by atoms with van der Waals surface area (Å²) in [6.07, 6.45) is -5.64. The van der Waals surface area contributed by atoms with Gasteiger partial charge in [-0.2, -0.15) is 0 Å². The molecule has 2 heterocycles. The Labute approximate surface area is 129 Å². The van der Waals surface area contributed by atoms with E-state index in [0.29, 0.717) is 0 Å². The van der Waals surface area contributed by atoms with Gasteiger partial charge < -0.3 is 34.7 Å². The summed E-state index contributed by atoms with van der Waals surface area (Å²) in [7, 11) is -9.12. The van der Waals surface area contributed by atoms with Gasteiger partial charge in [0.2, 0.25) is 7.37 Å². The zero-order valence-electron chi connectivity index (χ0n) is 11.6. The molecule has 1 aromatic heterocycles. The second kappa shape index (κ2) is 6.67. The van der Waals surface area contributed by atoms with Crippen molar-refractivity contribution in [3.63, 3.8) is 0 Å². The Morgan fingerprint density at radius 2 is 1.87 bits per heavy atom. The lowest BCUT2D eigenvalue weighted by atomic mass is 10.1. The molecule has 1 fully saturated rings. The standard InChI is InChI=1S/C9H17N3O9P2/c13-5(3-22(16,17)4-23(18,19)20)8-6(14)7(15)9(21-8)12-2-1-10-11-12/h1-2,5-9,13-15H,3-4H2,(H,16,17)(H2,18,19,20)/t5?,6-,7+,8+,9+/m0/s1. The summed E-state index contributed by atoms with van der Waals surface area (Å²) in [6, 6.07) is 0. The fourth-order valence-electron chi connectivity index (χ4n) is 2.32. The monoisotopic (exact) mass is 373 g/mol. The van der Waals surface area contributed by atoms with E-state index in [1.165, 1.54) is 12.4 Å². The summed E-state index contributed by atoms with van der Waals surface area (Å²) in [5.74, 6) is -1.30. The smallest absolute Gasteiger partial charge is 0.335 e. The van der Waals surface area contributed by atoms with Crippen LogP contribution in [0.1, 0.15) is 6.23 Å². The van der Waals surface area contributed by atoms with Crippen LogP contribution in [0.2, 0.25) is 0 Å². The Balaban J connectivity index is 2.06. The molecule has 6 N–H and O–H groups in total. The van der Waals surface area contributed by atoms with Crippen molar-refractivity contribution >= 4 is 15.0 Å². The molecule has 2 unspecified atom stereocenters. The summed E-state index contributed by atoms with van der Waals surface area (Å²) in [5.41, 5.74) is 0. The minimum atomic E-state index is -4.75. The van der Waals surface area contributed by atoms with Gasteiger partial charge in [-0.15, -0.1) is 5.10 Å². The van der Waals surface area contributed by atoms with Crippen molar-refractivity contribution in [2.75, 3.05) is 12.1 Å². The predicted molar refractivity (Wildman–Crippen MR) is 73.6 cm³/mol. The first kappa shape index (κ1) is 18.7. The zero-order chi connectivity index (χ0) is 17.4. The highest BCUT2D eigenvalue weighted by Gasteiger charge is 2.48. The lowest BCUT2D eigenvalue weighted by Gasteiger charge is -2.23. The van der Waals surface area contributed by atoms with Crippen molar-refractivity contribution in [3.8, 4) is 0 Å². The van der Waals surface area contributed by atoms with Crippen molar-refractivity contribution in [1.82, 2.24) is 15.0 Å². The van der Waals surface area contributed by atoms with Gasteiger partial charge in [0.05, 0.1) is 18.5 Å². The summed E-state index contributed by atoms with van der Waals surface area (Å²) >= 11 is 0. The molecule has 1 aromatic rings. The van der Waals surface area contributed by atoms with Gasteiger partial charge in [0, 0.05) is 6.20 Å². The first-order valence-electron chi connectivity index (χ1n) is 6.41. The van der Waals surface area contributed by atoms with E-state index in [9.17, 15) is 29.3 Å². The van der Waals surface area contributed by atoms with Crippen LogP contribution in [0.5, 0.6) is 0 Å². The maximum atomic E-state index is 11.8. The normalized spacial score (nSPS) is 32.6. The summed E-state index contributed by atoms with van der Waals surface area (Å²) in [4.78, 5) is 27.1. The fourth-order valence-corrected chi connectivity index (χ4v) is 5.87. The van der Waals surface area contributed by atoms with Crippen molar-refractivity contribution in [1.29, 1.82) is 0 Å². The second-order valence-electron chi connectivity index (χ2n) is 5.26. The number of aromatic nitrogens is 3. The molecule has 1 aliphatic rings. The van der Waals surface area contributed by atoms with Crippen LogP contribution in [0.4, 0.5) is 0 Å². The maximum absolute atomic E-state index is 11.8. The van der Waals surface area contributed by atoms with Gasteiger partial charge in [0.15, 0.2) is 6.23 Å². The van der Waals surface area contributed by atoms with Gasteiger partial charge in [0.1, 0.15) is 24.2 Å². The van der Waals surface area contributed by atoms with Gasteiger partial charge in [-0.05, 0) is 0 Å². The highest BCUT2D eigenvalue weighted by atomic mass is 31.2. The lowest BCUT2D eigenvalue weighted by molar-refractivity contribution is -0.0828. The Kier molecular flexibility index (Phi) is 5.41. The molecular formula is C9H17N3O9P2. The van der Waals surface area contributed by atoms with Crippen molar-refractivity contribution in [2.24, 2.45) is 0 Å². The zero-order valence-corrected chi connectivity index (χ0v) is 13.4. The van der Waals surface area contributed by atoms with Crippen LogP contribution in [0.15, 0.2) is 12.4 Å². The third-order valence-corrected chi connectivity index (χ3v) is 7.42. The van der Waals surface area contributed by atoms with Crippen LogP contribution in [-0.4, -0.2) is 81.5 Å². The van der Waals surface area contributed by atoms with Gasteiger partial charge in [-0.25, -0.2) is 4.68 Å². The highest BCUT2D eigenvalue weighted by molar-refractivity contribution is 7.72. The molecule has 0 bridgehead atoms. The molecule has 1 saturated heterocycles. The Morgan fingerprint density at radius 3 is 2.39 bits per heavy atom. The van der Waals surface area contributed by atoms with Gasteiger partial charge in [0.25, 0.3) is 0 Å². The summed E-state index contributed by atoms with van der Waals surface area (Å²) < 4.78 is 28.9. The lowest BCUT2D eigenvalue weighted by Crippen LogP contribution is -2.40. The van der Waals surface area contributed by atoms with Gasteiger partial charge in [-0.1, -0.05) is 5.21 Å². The molecule has 23 heavy (non-hydrogen) atoms. The van der Waals surface area contributed by atoms with E-state index in [4.69, 9.17) is 14.5 Å². The van der Waals surface area contributed by atoms with E-state index in [1.807, 2.05) is 0 Å². The average molecular weight is 373 g/mol. The molecule has 0 aromatic carbocycles. The van der Waals surface area contributed by atoms with Gasteiger partial charge >= 0.3 is 7.60 Å². The molecule has 1 aliphatic heterocycles. The van der Waals surface area contributed by atoms with E-state index in [-0.39, 0.29) is 0 Å². The first-order valence-corrected chi connectivity index (χ1v) is 10.2. The van der Waals surface area contributed by atoms with Crippen molar-refractivity contribution < 1.29 is 43.9 Å². The quantitative estimate of drug-likeness (QED) is 0.292. The van der Waals surface area contributed by atoms with Crippen LogP contribution in [0.3, 0.4) is 0 Å². The Morgan fingerprint density at radius 1 is 1.22 bits per heavy atom. The van der Waals surface area contributed by atoms with E-state index in [0.717, 1.165) is 4.68 Å². The Hall–Kier alpha value is -0.680. The largest absolute Gasteiger partial charge is 0.390 e. The molecule has 132 valence electrons. The number of rotatable bonds is 6. The molecule has 6 atom stereocenters. The third-order valence-electron chi connectivity index (χ3n) is 3.23. The number of hydrogen-bond donors (Lipinski definition) is 6.